The molecule has 5 nitrogen and oxygen atoms in total. The van der Waals surface area contributed by atoms with Gasteiger partial charge in [-0.05, 0) is 30.0 Å². The minimum absolute atomic E-state index is 0.105. The van der Waals surface area contributed by atoms with Crippen LogP contribution < -0.4 is 5.32 Å². The number of nitrogens with one attached hydrogen (secondary N) is 1. The van der Waals surface area contributed by atoms with Crippen LogP contribution >= 0.6 is 0 Å². The molecule has 2 aromatic carbocycles. The van der Waals surface area contributed by atoms with Gasteiger partial charge in [-0.25, -0.2) is 9.59 Å². The average molecular weight is 341 g/mol. The van der Waals surface area contributed by atoms with E-state index in [0.717, 1.165) is 12.0 Å². The quantitative estimate of drug-likeness (QED) is 0.740. The summed E-state index contributed by atoms with van der Waals surface area (Å²) in [7, 11) is 0. The highest BCUT2D eigenvalue weighted by Crippen LogP contribution is 2.25. The molecular weight excluding hydrogens is 318 g/mol. The second-order valence-electron chi connectivity index (χ2n) is 5.72. The molecule has 25 heavy (non-hydrogen) atoms. The maximum Gasteiger partial charge on any atom is 0.412 e. The molecule has 1 atom stereocenters. The van der Waals surface area contributed by atoms with Gasteiger partial charge in [0.15, 0.2) is 0 Å². The number of amides is 1. The van der Waals surface area contributed by atoms with Crippen molar-refractivity contribution >= 4 is 17.7 Å². The van der Waals surface area contributed by atoms with Crippen LogP contribution in [0.4, 0.5) is 10.5 Å². The lowest BCUT2D eigenvalue weighted by molar-refractivity contribution is 0.0697. The Bertz CT molecular complexity index is 728. The largest absolute Gasteiger partial charge is 0.478 e. The summed E-state index contributed by atoms with van der Waals surface area (Å²) in [6, 6.07) is 14.6. The number of aromatic carboxylic acids is 1. The molecule has 2 rings (SSSR count). The zero-order valence-electron chi connectivity index (χ0n) is 14.5. The minimum Gasteiger partial charge on any atom is -0.478 e. The van der Waals surface area contributed by atoms with Gasteiger partial charge in [0, 0.05) is 0 Å². The summed E-state index contributed by atoms with van der Waals surface area (Å²) in [5, 5.41) is 12.0. The van der Waals surface area contributed by atoms with Gasteiger partial charge in [-0.2, -0.15) is 0 Å². The van der Waals surface area contributed by atoms with Gasteiger partial charge in [0.25, 0.3) is 0 Å². The van der Waals surface area contributed by atoms with Crippen molar-refractivity contribution < 1.29 is 19.4 Å². The highest BCUT2D eigenvalue weighted by Gasteiger charge is 2.19. The first-order valence-corrected chi connectivity index (χ1v) is 8.44. The second kappa shape index (κ2) is 8.87. The van der Waals surface area contributed by atoms with Gasteiger partial charge in [0.05, 0.1) is 11.3 Å². The average Bonchev–Trinajstić information content (AvgIpc) is 2.61. The Morgan fingerprint density at radius 1 is 1.08 bits per heavy atom. The first kappa shape index (κ1) is 18.5. The summed E-state index contributed by atoms with van der Waals surface area (Å²) in [5.74, 6) is -1.07. The molecule has 0 aliphatic heterocycles. The van der Waals surface area contributed by atoms with Gasteiger partial charge in [0.2, 0.25) is 0 Å². The molecule has 0 heterocycles. The number of carbonyl (C=O) groups is 2. The van der Waals surface area contributed by atoms with Crippen molar-refractivity contribution in [2.24, 2.45) is 0 Å². The Labute approximate surface area is 147 Å². The molecule has 2 N–H and O–H groups in total. The number of benzene rings is 2. The van der Waals surface area contributed by atoms with Crippen LogP contribution in [0.2, 0.25) is 0 Å². The SMILES string of the molecule is CCCC(OC(=O)Nc1cccc(CC)c1C(=O)O)c1ccccc1. The lowest BCUT2D eigenvalue weighted by Crippen LogP contribution is -2.19. The molecule has 0 bridgehead atoms. The number of carboxylic acid groups (broad SMARTS) is 1. The molecule has 0 fully saturated rings. The predicted molar refractivity (Wildman–Crippen MR) is 97.0 cm³/mol. The number of carbonyl (C=O) groups excluding carboxylic acids is 1. The molecule has 0 aliphatic carbocycles. The van der Waals surface area contributed by atoms with E-state index in [-0.39, 0.29) is 17.4 Å². The summed E-state index contributed by atoms with van der Waals surface area (Å²) >= 11 is 0. The van der Waals surface area contributed by atoms with Crippen LogP contribution in [0.3, 0.4) is 0 Å². The fourth-order valence-electron chi connectivity index (χ4n) is 2.74. The Kier molecular flexibility index (Phi) is 6.57. The molecule has 0 saturated heterocycles. The maximum absolute atomic E-state index is 12.3. The van der Waals surface area contributed by atoms with E-state index in [1.165, 1.54) is 0 Å². The lowest BCUT2D eigenvalue weighted by Gasteiger charge is -2.19. The second-order valence-corrected chi connectivity index (χ2v) is 5.72. The highest BCUT2D eigenvalue weighted by molar-refractivity contribution is 6.00. The molecule has 2 aromatic rings. The van der Waals surface area contributed by atoms with E-state index in [1.807, 2.05) is 44.2 Å². The third-order valence-corrected chi connectivity index (χ3v) is 3.95. The van der Waals surface area contributed by atoms with Crippen LogP contribution in [-0.2, 0) is 11.2 Å². The fraction of sp³-hybridized carbons (Fsp3) is 0.300. The number of anilines is 1. The summed E-state index contributed by atoms with van der Waals surface area (Å²) in [6.45, 7) is 3.89. The van der Waals surface area contributed by atoms with Crippen LogP contribution in [-0.4, -0.2) is 17.2 Å². The van der Waals surface area contributed by atoms with Gasteiger partial charge in [-0.1, -0.05) is 62.7 Å². The summed E-state index contributed by atoms with van der Waals surface area (Å²) in [6.07, 6.45) is 1.10. The standard InChI is InChI=1S/C20H23NO4/c1-3-9-17(15-10-6-5-7-11-15)25-20(24)21-16-13-8-12-14(4-2)18(16)19(22)23/h5-8,10-13,17H,3-4,9H2,1-2H3,(H,21,24)(H,22,23). The predicted octanol–water partition coefficient (Wildman–Crippen LogP) is 5.04. The van der Waals surface area contributed by atoms with Crippen LogP contribution in [0, 0.1) is 0 Å². The molecule has 1 unspecified atom stereocenters. The molecule has 1 amide bonds. The van der Waals surface area contributed by atoms with Crippen molar-refractivity contribution in [2.75, 3.05) is 5.32 Å². The molecule has 5 heteroatoms. The lowest BCUT2D eigenvalue weighted by atomic mass is 10.0. The Balaban J connectivity index is 2.18. The van der Waals surface area contributed by atoms with Gasteiger partial charge in [0.1, 0.15) is 6.10 Å². The molecule has 0 aromatic heterocycles. The smallest absolute Gasteiger partial charge is 0.412 e. The first-order valence-electron chi connectivity index (χ1n) is 8.44. The third-order valence-electron chi connectivity index (χ3n) is 3.95. The summed E-state index contributed by atoms with van der Waals surface area (Å²) in [4.78, 5) is 23.9. The maximum atomic E-state index is 12.3. The first-order chi connectivity index (χ1) is 12.1. The molecule has 0 radical (unpaired) electrons. The molecular formula is C20H23NO4. The van der Waals surface area contributed by atoms with Gasteiger partial charge in [-0.15, -0.1) is 0 Å². The highest BCUT2D eigenvalue weighted by atomic mass is 16.6. The number of rotatable bonds is 7. The van der Waals surface area contributed by atoms with Crippen molar-refractivity contribution in [1.29, 1.82) is 0 Å². The van der Waals surface area contributed by atoms with E-state index >= 15 is 0 Å². The monoisotopic (exact) mass is 341 g/mol. The number of hydrogen-bond donors (Lipinski definition) is 2. The van der Waals surface area contributed by atoms with Crippen molar-refractivity contribution in [3.8, 4) is 0 Å². The van der Waals surface area contributed by atoms with Crippen molar-refractivity contribution in [1.82, 2.24) is 0 Å². The van der Waals surface area contributed by atoms with E-state index in [9.17, 15) is 14.7 Å². The minimum atomic E-state index is -1.07. The van der Waals surface area contributed by atoms with Crippen LogP contribution in [0.1, 0.15) is 54.3 Å². The van der Waals surface area contributed by atoms with Crippen molar-refractivity contribution in [2.45, 2.75) is 39.2 Å². The Morgan fingerprint density at radius 3 is 2.40 bits per heavy atom. The van der Waals surface area contributed by atoms with E-state index in [2.05, 4.69) is 5.32 Å². The molecule has 132 valence electrons. The fourth-order valence-corrected chi connectivity index (χ4v) is 2.74. The van der Waals surface area contributed by atoms with Crippen molar-refractivity contribution in [3.05, 3.63) is 65.2 Å². The topological polar surface area (TPSA) is 75.6 Å². The zero-order chi connectivity index (χ0) is 18.2. The van der Waals surface area contributed by atoms with E-state index in [0.29, 0.717) is 18.4 Å². The van der Waals surface area contributed by atoms with Crippen LogP contribution in [0.15, 0.2) is 48.5 Å². The number of ether oxygens (including phenoxy) is 1. The molecule has 0 spiro atoms. The van der Waals surface area contributed by atoms with Crippen molar-refractivity contribution in [3.63, 3.8) is 0 Å². The summed E-state index contributed by atoms with van der Waals surface area (Å²) in [5.41, 5.74) is 1.94. The van der Waals surface area contributed by atoms with Crippen LogP contribution in [0.5, 0.6) is 0 Å². The van der Waals surface area contributed by atoms with E-state index in [4.69, 9.17) is 4.74 Å². The Hall–Kier alpha value is -2.82. The third kappa shape index (κ3) is 4.83. The number of carboxylic acids is 1. The van der Waals surface area contributed by atoms with Gasteiger partial charge < -0.3 is 9.84 Å². The number of aryl methyl sites for hydroxylation is 1. The normalized spacial score (nSPS) is 11.6. The van der Waals surface area contributed by atoms with Gasteiger partial charge >= 0.3 is 12.1 Å². The Morgan fingerprint density at radius 2 is 1.80 bits per heavy atom. The summed E-state index contributed by atoms with van der Waals surface area (Å²) < 4.78 is 5.55. The zero-order valence-corrected chi connectivity index (χ0v) is 14.5. The van der Waals surface area contributed by atoms with Gasteiger partial charge in [-0.3, -0.25) is 5.32 Å². The van der Waals surface area contributed by atoms with E-state index in [1.54, 1.807) is 18.2 Å². The number of hydrogen-bond acceptors (Lipinski definition) is 3. The molecule has 0 saturated carbocycles. The molecule has 0 aliphatic rings. The van der Waals surface area contributed by atoms with Crippen LogP contribution in [0.25, 0.3) is 0 Å². The van der Waals surface area contributed by atoms with E-state index < -0.39 is 12.1 Å².